The smallest absolute Gasteiger partial charge is 0.259 e. The van der Waals surface area contributed by atoms with Gasteiger partial charge in [0.15, 0.2) is 17.3 Å². The average molecular weight is 438 g/mol. The van der Waals surface area contributed by atoms with Crippen LogP contribution in [0.2, 0.25) is 0 Å². The molecule has 1 aromatic heterocycles. The zero-order valence-corrected chi connectivity index (χ0v) is 16.6. The number of allylic oxidation sites excluding steroid dienone is 1. The highest BCUT2D eigenvalue weighted by Crippen LogP contribution is 2.29. The zero-order chi connectivity index (χ0) is 20.1. The number of hydrogen-bond donors (Lipinski definition) is 1. The van der Waals surface area contributed by atoms with E-state index in [1.165, 1.54) is 7.11 Å². The van der Waals surface area contributed by atoms with Crippen molar-refractivity contribution < 1.29 is 9.47 Å². The molecule has 6 nitrogen and oxygen atoms in total. The molecule has 140 valence electrons. The molecule has 0 aliphatic rings. The van der Waals surface area contributed by atoms with E-state index in [-0.39, 0.29) is 17.0 Å². The highest BCUT2D eigenvalue weighted by atomic mass is 79.9. The summed E-state index contributed by atoms with van der Waals surface area (Å²) in [5.74, 6) is 1.30. The van der Waals surface area contributed by atoms with E-state index in [1.807, 2.05) is 0 Å². The topological polar surface area (TPSA) is 88.0 Å². The van der Waals surface area contributed by atoms with Crippen LogP contribution in [0, 0.1) is 11.3 Å². The number of ether oxygens (including phenoxy) is 2. The molecule has 0 bridgehead atoms. The largest absolute Gasteiger partial charge is 0.493 e. The first-order valence-electron chi connectivity index (χ1n) is 8.29. The number of benzene rings is 2. The maximum absolute atomic E-state index is 12.4. The number of nitrogens with one attached hydrogen (secondary N) is 1. The van der Waals surface area contributed by atoms with Crippen molar-refractivity contribution in [2.75, 3.05) is 13.7 Å². The molecule has 3 aromatic rings. The van der Waals surface area contributed by atoms with Crippen molar-refractivity contribution in [1.29, 1.82) is 5.26 Å². The Hall–Kier alpha value is -3.37. The zero-order valence-electron chi connectivity index (χ0n) is 15.0. The van der Waals surface area contributed by atoms with Crippen molar-refractivity contribution in [3.05, 3.63) is 75.3 Å². The van der Waals surface area contributed by atoms with E-state index in [0.717, 1.165) is 4.47 Å². The Labute approximate surface area is 169 Å². The number of nitrogens with zero attached hydrogens (tertiary/aromatic N) is 2. The van der Waals surface area contributed by atoms with Crippen molar-refractivity contribution in [3.8, 4) is 17.6 Å². The first-order valence-corrected chi connectivity index (χ1v) is 9.08. The maximum Gasteiger partial charge on any atom is 0.259 e. The van der Waals surface area contributed by atoms with Gasteiger partial charge in [-0.1, -0.05) is 34.7 Å². The second kappa shape index (κ2) is 8.55. The number of methoxy groups -OCH3 is 1. The minimum atomic E-state index is -0.312. The van der Waals surface area contributed by atoms with E-state index in [1.54, 1.807) is 48.6 Å². The summed E-state index contributed by atoms with van der Waals surface area (Å²) >= 11 is 3.34. The number of halogens is 1. The Morgan fingerprint density at radius 1 is 1.32 bits per heavy atom. The molecule has 0 fully saturated rings. The summed E-state index contributed by atoms with van der Waals surface area (Å²) in [7, 11) is 1.54. The first kappa shape index (κ1) is 19.4. The van der Waals surface area contributed by atoms with Gasteiger partial charge < -0.3 is 14.5 Å². The Bertz CT molecular complexity index is 1180. The minimum Gasteiger partial charge on any atom is -0.493 e. The Balaban J connectivity index is 2.04. The molecule has 28 heavy (non-hydrogen) atoms. The number of H-pyrrole nitrogens is 1. The van der Waals surface area contributed by atoms with Crippen LogP contribution in [0.3, 0.4) is 0 Å². The Morgan fingerprint density at radius 2 is 2.14 bits per heavy atom. The highest BCUT2D eigenvalue weighted by molar-refractivity contribution is 9.10. The molecular formula is C21H16BrN3O3. The molecule has 0 aliphatic carbocycles. The van der Waals surface area contributed by atoms with Crippen LogP contribution in [0.5, 0.6) is 11.5 Å². The first-order chi connectivity index (χ1) is 13.5. The summed E-state index contributed by atoms with van der Waals surface area (Å²) < 4.78 is 11.7. The quantitative estimate of drug-likeness (QED) is 0.458. The van der Waals surface area contributed by atoms with Crippen LogP contribution in [0.25, 0.3) is 22.6 Å². The van der Waals surface area contributed by atoms with Crippen molar-refractivity contribution in [2.24, 2.45) is 0 Å². The molecule has 2 aromatic carbocycles. The summed E-state index contributed by atoms with van der Waals surface area (Å²) in [6, 6.07) is 12.6. The summed E-state index contributed by atoms with van der Waals surface area (Å²) in [6.45, 7) is 3.97. The third kappa shape index (κ3) is 4.13. The number of hydrogen-bond acceptors (Lipinski definition) is 5. The molecule has 0 amide bonds. The van der Waals surface area contributed by atoms with Gasteiger partial charge in [-0.25, -0.2) is 4.98 Å². The number of nitriles is 1. The monoisotopic (exact) mass is 437 g/mol. The summed E-state index contributed by atoms with van der Waals surface area (Å²) in [5.41, 5.74) is 1.13. The normalized spacial score (nSPS) is 11.1. The summed E-state index contributed by atoms with van der Waals surface area (Å²) in [6.07, 6.45) is 3.27. The second-order valence-corrected chi connectivity index (χ2v) is 6.67. The van der Waals surface area contributed by atoms with Crippen molar-refractivity contribution in [3.63, 3.8) is 0 Å². The molecule has 0 unspecified atom stereocenters. The molecule has 0 saturated heterocycles. The van der Waals surface area contributed by atoms with Gasteiger partial charge in [0, 0.05) is 4.47 Å². The predicted octanol–water partition coefficient (Wildman–Crippen LogP) is 4.32. The molecule has 0 aliphatic heterocycles. The van der Waals surface area contributed by atoms with E-state index in [9.17, 15) is 10.1 Å². The number of fused-ring (bicyclic) bond motifs is 1. The molecule has 0 saturated carbocycles. The van der Waals surface area contributed by atoms with Crippen LogP contribution in [0.1, 0.15) is 11.4 Å². The fourth-order valence-electron chi connectivity index (χ4n) is 2.60. The molecular weight excluding hydrogens is 422 g/mol. The second-order valence-electron chi connectivity index (χ2n) is 5.76. The van der Waals surface area contributed by atoms with Gasteiger partial charge in [0.05, 0.1) is 23.6 Å². The SMILES string of the molecule is C=CCOc1ccc(/C=C(\C#N)c2nc3ccc(Br)cc3c(=O)[nH]2)cc1OC. The standard InChI is InChI=1S/C21H16BrN3O3/c1-3-8-28-18-7-4-13(10-19(18)27-2)9-14(12-23)20-24-17-6-5-15(22)11-16(17)21(26)25-20/h3-7,9-11H,1,8H2,2H3,(H,24,25,26)/b14-9+. The van der Waals surface area contributed by atoms with Crippen LogP contribution >= 0.6 is 15.9 Å². The fourth-order valence-corrected chi connectivity index (χ4v) is 2.96. The van der Waals surface area contributed by atoms with E-state index in [2.05, 4.69) is 38.5 Å². The lowest BCUT2D eigenvalue weighted by atomic mass is 10.1. The van der Waals surface area contributed by atoms with E-state index < -0.39 is 0 Å². The Kier molecular flexibility index (Phi) is 5.92. The van der Waals surface area contributed by atoms with Crippen LogP contribution in [0.15, 0.2) is 58.3 Å². The van der Waals surface area contributed by atoms with Crippen LogP contribution in [-0.2, 0) is 0 Å². The van der Waals surface area contributed by atoms with E-state index in [0.29, 0.717) is 34.6 Å². The van der Waals surface area contributed by atoms with Crippen molar-refractivity contribution >= 4 is 38.5 Å². The minimum absolute atomic E-state index is 0.202. The molecule has 0 spiro atoms. The molecule has 1 heterocycles. The maximum atomic E-state index is 12.4. The van der Waals surface area contributed by atoms with Gasteiger partial charge in [0.1, 0.15) is 12.7 Å². The van der Waals surface area contributed by atoms with Gasteiger partial charge >= 0.3 is 0 Å². The molecule has 1 N–H and O–H groups in total. The van der Waals surface area contributed by atoms with Crippen LogP contribution < -0.4 is 15.0 Å². The fraction of sp³-hybridized carbons (Fsp3) is 0.0952. The number of aromatic nitrogens is 2. The molecule has 7 heteroatoms. The molecule has 0 atom stereocenters. The van der Waals surface area contributed by atoms with Gasteiger partial charge in [-0.3, -0.25) is 4.79 Å². The molecule has 3 rings (SSSR count). The average Bonchev–Trinajstić information content (AvgIpc) is 2.71. The van der Waals surface area contributed by atoms with Gasteiger partial charge in [-0.15, -0.1) is 0 Å². The van der Waals surface area contributed by atoms with Gasteiger partial charge in [-0.2, -0.15) is 5.26 Å². The summed E-state index contributed by atoms with van der Waals surface area (Å²) in [4.78, 5) is 19.5. The van der Waals surface area contributed by atoms with Crippen molar-refractivity contribution in [2.45, 2.75) is 0 Å². The van der Waals surface area contributed by atoms with Crippen LogP contribution in [-0.4, -0.2) is 23.7 Å². The lowest BCUT2D eigenvalue weighted by Gasteiger charge is -2.10. The summed E-state index contributed by atoms with van der Waals surface area (Å²) in [5, 5.41) is 10.0. The molecule has 0 radical (unpaired) electrons. The third-order valence-corrected chi connectivity index (χ3v) is 4.39. The number of aromatic amines is 1. The van der Waals surface area contributed by atoms with E-state index in [4.69, 9.17) is 9.47 Å². The van der Waals surface area contributed by atoms with Crippen molar-refractivity contribution in [1.82, 2.24) is 9.97 Å². The van der Waals surface area contributed by atoms with Gasteiger partial charge in [-0.05, 0) is 42.0 Å². The lowest BCUT2D eigenvalue weighted by Crippen LogP contribution is -2.11. The third-order valence-electron chi connectivity index (χ3n) is 3.90. The highest BCUT2D eigenvalue weighted by Gasteiger charge is 2.10. The van der Waals surface area contributed by atoms with Crippen LogP contribution in [0.4, 0.5) is 0 Å². The van der Waals surface area contributed by atoms with Gasteiger partial charge in [0.25, 0.3) is 5.56 Å². The lowest BCUT2D eigenvalue weighted by molar-refractivity contribution is 0.326. The van der Waals surface area contributed by atoms with E-state index >= 15 is 0 Å². The number of rotatable bonds is 6. The predicted molar refractivity (Wildman–Crippen MR) is 112 cm³/mol. The van der Waals surface area contributed by atoms with Gasteiger partial charge in [0.2, 0.25) is 0 Å². The Morgan fingerprint density at radius 3 is 2.86 bits per heavy atom.